The number of carbonyl (C=O) groups excluding carboxylic acids is 2. The summed E-state index contributed by atoms with van der Waals surface area (Å²) in [5, 5.41) is 0. The molecule has 0 aliphatic carbocycles. The first-order valence-corrected chi connectivity index (χ1v) is 9.97. The summed E-state index contributed by atoms with van der Waals surface area (Å²) in [5.74, 6) is -0.489. The molecule has 1 aromatic carbocycles. The molecule has 1 fully saturated rings. The largest absolute Gasteiger partial charge is 0.377 e. The van der Waals surface area contributed by atoms with E-state index in [1.165, 1.54) is 4.90 Å². The monoisotopic (exact) mass is 386 g/mol. The highest BCUT2D eigenvalue weighted by Gasteiger charge is 2.42. The Kier molecular flexibility index (Phi) is 6.20. The van der Waals surface area contributed by atoms with E-state index in [4.69, 9.17) is 9.47 Å². The van der Waals surface area contributed by atoms with Crippen molar-refractivity contribution in [1.82, 2.24) is 9.80 Å². The Labute approximate surface area is 167 Å². The fourth-order valence-electron chi connectivity index (χ4n) is 3.78. The van der Waals surface area contributed by atoms with Gasteiger partial charge in [-0.25, -0.2) is 0 Å². The molecule has 1 saturated heterocycles. The number of amides is 2. The molecule has 2 aliphatic rings. The van der Waals surface area contributed by atoms with Crippen molar-refractivity contribution in [2.24, 2.45) is 0 Å². The summed E-state index contributed by atoms with van der Waals surface area (Å²) >= 11 is 0. The number of nitrogens with zero attached hydrogens (tertiary/aromatic N) is 2. The van der Waals surface area contributed by atoms with Gasteiger partial charge in [0.05, 0.1) is 37.0 Å². The van der Waals surface area contributed by atoms with E-state index in [9.17, 15) is 9.59 Å². The van der Waals surface area contributed by atoms with E-state index >= 15 is 0 Å². The minimum atomic E-state index is -0.247. The van der Waals surface area contributed by atoms with Crippen LogP contribution in [0.4, 0.5) is 0 Å². The van der Waals surface area contributed by atoms with Crippen molar-refractivity contribution < 1.29 is 19.1 Å². The average molecular weight is 386 g/mol. The molecule has 0 N–H and O–H groups in total. The standard InChI is InChI=1S/C22H30N2O4/c1-14(2)27-11-10-24-21(25)19(18-8-6-15(3)7-9-18)20(22(24)26)23-12-16(4)28-17(5)13-23/h6-9,14,16-17H,10-13H2,1-5H3. The topological polar surface area (TPSA) is 59.1 Å². The van der Waals surface area contributed by atoms with Gasteiger partial charge in [0, 0.05) is 13.1 Å². The van der Waals surface area contributed by atoms with Crippen LogP contribution < -0.4 is 0 Å². The first kappa shape index (κ1) is 20.6. The van der Waals surface area contributed by atoms with Crippen LogP contribution in [0.2, 0.25) is 0 Å². The Bertz CT molecular complexity index is 759. The summed E-state index contributed by atoms with van der Waals surface area (Å²) in [6.07, 6.45) is 0.0474. The van der Waals surface area contributed by atoms with Gasteiger partial charge in [-0.05, 0) is 40.2 Å². The van der Waals surface area contributed by atoms with Crippen molar-refractivity contribution in [2.75, 3.05) is 26.2 Å². The normalized spacial score (nSPS) is 23.4. The smallest absolute Gasteiger partial charge is 0.277 e. The van der Waals surface area contributed by atoms with Crippen LogP contribution in [0.15, 0.2) is 30.0 Å². The Morgan fingerprint density at radius 3 is 2.25 bits per heavy atom. The first-order chi connectivity index (χ1) is 13.3. The molecule has 2 unspecified atom stereocenters. The maximum Gasteiger partial charge on any atom is 0.277 e. The molecule has 0 aromatic heterocycles. The van der Waals surface area contributed by atoms with Gasteiger partial charge in [0.15, 0.2) is 0 Å². The summed E-state index contributed by atoms with van der Waals surface area (Å²) in [7, 11) is 0. The predicted octanol–water partition coefficient (Wildman–Crippen LogP) is 2.61. The van der Waals surface area contributed by atoms with Gasteiger partial charge < -0.3 is 14.4 Å². The second-order valence-corrected chi connectivity index (χ2v) is 7.93. The molecule has 6 nitrogen and oxygen atoms in total. The zero-order valence-electron chi connectivity index (χ0n) is 17.4. The maximum absolute atomic E-state index is 13.3. The van der Waals surface area contributed by atoms with Crippen LogP contribution in [-0.4, -0.2) is 66.2 Å². The lowest BCUT2D eigenvalue weighted by Crippen LogP contribution is -2.47. The van der Waals surface area contributed by atoms with Crippen molar-refractivity contribution in [3.8, 4) is 0 Å². The van der Waals surface area contributed by atoms with Gasteiger partial charge in [-0.1, -0.05) is 29.8 Å². The molecule has 3 rings (SSSR count). The van der Waals surface area contributed by atoms with Gasteiger partial charge in [-0.2, -0.15) is 0 Å². The number of hydrogen-bond acceptors (Lipinski definition) is 5. The molecule has 2 aliphatic heterocycles. The van der Waals surface area contributed by atoms with Crippen molar-refractivity contribution in [3.05, 3.63) is 41.1 Å². The van der Waals surface area contributed by atoms with Crippen LogP contribution in [-0.2, 0) is 19.1 Å². The van der Waals surface area contributed by atoms with E-state index in [0.717, 1.165) is 11.1 Å². The minimum absolute atomic E-state index is 0.00301. The lowest BCUT2D eigenvalue weighted by molar-refractivity contribution is -0.139. The van der Waals surface area contributed by atoms with Crippen LogP contribution in [0.3, 0.4) is 0 Å². The summed E-state index contributed by atoms with van der Waals surface area (Å²) in [6, 6.07) is 7.76. The highest BCUT2D eigenvalue weighted by Crippen LogP contribution is 2.33. The maximum atomic E-state index is 13.3. The average Bonchev–Trinajstić information content (AvgIpc) is 2.86. The van der Waals surface area contributed by atoms with Crippen molar-refractivity contribution >= 4 is 17.4 Å². The van der Waals surface area contributed by atoms with Crippen LogP contribution in [0.1, 0.15) is 38.8 Å². The zero-order chi connectivity index (χ0) is 20.4. The molecule has 0 saturated carbocycles. The Morgan fingerprint density at radius 1 is 1.07 bits per heavy atom. The van der Waals surface area contributed by atoms with Gasteiger partial charge in [0.1, 0.15) is 5.70 Å². The Balaban J connectivity index is 1.96. The molecule has 2 heterocycles. The molecule has 0 spiro atoms. The van der Waals surface area contributed by atoms with Gasteiger partial charge in [0.25, 0.3) is 11.8 Å². The fourth-order valence-corrected chi connectivity index (χ4v) is 3.78. The van der Waals surface area contributed by atoms with Crippen LogP contribution in [0, 0.1) is 6.92 Å². The van der Waals surface area contributed by atoms with Crippen molar-refractivity contribution in [2.45, 2.75) is 52.9 Å². The van der Waals surface area contributed by atoms with Gasteiger partial charge >= 0.3 is 0 Å². The molecular formula is C22H30N2O4. The molecule has 152 valence electrons. The van der Waals surface area contributed by atoms with E-state index in [-0.39, 0.29) is 36.7 Å². The van der Waals surface area contributed by atoms with Crippen molar-refractivity contribution in [1.29, 1.82) is 0 Å². The quantitative estimate of drug-likeness (QED) is 0.704. The van der Waals surface area contributed by atoms with E-state index in [1.54, 1.807) is 0 Å². The van der Waals surface area contributed by atoms with E-state index < -0.39 is 0 Å². The third-order valence-corrected chi connectivity index (χ3v) is 4.99. The van der Waals surface area contributed by atoms with Crippen molar-refractivity contribution in [3.63, 3.8) is 0 Å². The zero-order valence-corrected chi connectivity index (χ0v) is 17.4. The summed E-state index contributed by atoms with van der Waals surface area (Å²) < 4.78 is 11.4. The Hall–Kier alpha value is -2.18. The third kappa shape index (κ3) is 4.28. The number of ether oxygens (including phenoxy) is 2. The molecule has 0 bridgehead atoms. The van der Waals surface area contributed by atoms with E-state index in [1.807, 2.05) is 63.8 Å². The van der Waals surface area contributed by atoms with Crippen LogP contribution >= 0.6 is 0 Å². The second kappa shape index (κ2) is 8.45. The highest BCUT2D eigenvalue weighted by molar-refractivity contribution is 6.35. The van der Waals surface area contributed by atoms with E-state index in [0.29, 0.717) is 31.0 Å². The molecule has 1 aromatic rings. The lowest BCUT2D eigenvalue weighted by Gasteiger charge is -2.37. The first-order valence-electron chi connectivity index (χ1n) is 9.97. The minimum Gasteiger partial charge on any atom is -0.377 e. The molecule has 2 atom stereocenters. The number of benzene rings is 1. The molecule has 28 heavy (non-hydrogen) atoms. The Morgan fingerprint density at radius 2 is 1.68 bits per heavy atom. The number of hydrogen-bond donors (Lipinski definition) is 0. The second-order valence-electron chi connectivity index (χ2n) is 7.93. The van der Waals surface area contributed by atoms with Gasteiger partial charge in [-0.15, -0.1) is 0 Å². The fraction of sp³-hybridized carbons (Fsp3) is 0.545. The number of aryl methyl sites for hydroxylation is 1. The van der Waals surface area contributed by atoms with E-state index in [2.05, 4.69) is 0 Å². The number of rotatable bonds is 6. The summed E-state index contributed by atoms with van der Waals surface area (Å²) in [4.78, 5) is 29.8. The van der Waals surface area contributed by atoms with Crippen LogP contribution in [0.25, 0.3) is 5.57 Å². The molecule has 0 radical (unpaired) electrons. The third-order valence-electron chi connectivity index (χ3n) is 4.99. The van der Waals surface area contributed by atoms with Crippen LogP contribution in [0.5, 0.6) is 0 Å². The molecular weight excluding hydrogens is 356 g/mol. The molecule has 2 amide bonds. The van der Waals surface area contributed by atoms with Gasteiger partial charge in [0.2, 0.25) is 0 Å². The van der Waals surface area contributed by atoms with Gasteiger partial charge in [-0.3, -0.25) is 14.5 Å². The molecule has 6 heteroatoms. The highest BCUT2D eigenvalue weighted by atomic mass is 16.5. The number of imide groups is 1. The number of morpholine rings is 1. The number of carbonyl (C=O) groups is 2. The lowest BCUT2D eigenvalue weighted by atomic mass is 10.0. The predicted molar refractivity (Wildman–Crippen MR) is 107 cm³/mol. The summed E-state index contributed by atoms with van der Waals surface area (Å²) in [6.45, 7) is 11.6. The SMILES string of the molecule is Cc1ccc(C2=C(N3CC(C)OC(C)C3)C(=O)N(CCOC(C)C)C2=O)cc1. The summed E-state index contributed by atoms with van der Waals surface area (Å²) in [5.41, 5.74) is 2.85.